The summed E-state index contributed by atoms with van der Waals surface area (Å²) in [7, 11) is 0. The van der Waals surface area contributed by atoms with E-state index in [0.717, 1.165) is 19.3 Å². The predicted molar refractivity (Wildman–Crippen MR) is 62.2 cm³/mol. The lowest BCUT2D eigenvalue weighted by Gasteiger charge is -2.33. The van der Waals surface area contributed by atoms with E-state index >= 15 is 0 Å². The summed E-state index contributed by atoms with van der Waals surface area (Å²) in [6.45, 7) is 7.59. The van der Waals surface area contributed by atoms with Crippen LogP contribution in [-0.2, 0) is 4.74 Å². The Hall–Kier alpha value is -0.770. The molecule has 1 saturated carbocycles. The van der Waals surface area contributed by atoms with Crippen LogP contribution >= 0.6 is 0 Å². The number of nitrogens with one attached hydrogen (secondary N) is 1. The maximum absolute atomic E-state index is 11.6. The molecule has 1 rings (SSSR count). The molecular formula is C12H23NO3. The van der Waals surface area contributed by atoms with Gasteiger partial charge in [0.05, 0.1) is 6.10 Å². The summed E-state index contributed by atoms with van der Waals surface area (Å²) in [5, 5.41) is 12.3. The maximum Gasteiger partial charge on any atom is 0.407 e. The number of hydrogen-bond donors (Lipinski definition) is 2. The van der Waals surface area contributed by atoms with Gasteiger partial charge in [0.25, 0.3) is 0 Å². The van der Waals surface area contributed by atoms with Gasteiger partial charge in [0.2, 0.25) is 0 Å². The van der Waals surface area contributed by atoms with Crippen LogP contribution in [0, 0.1) is 5.92 Å². The lowest BCUT2D eigenvalue weighted by Crippen LogP contribution is -2.45. The number of carbonyl (C=O) groups is 1. The van der Waals surface area contributed by atoms with Gasteiger partial charge < -0.3 is 15.2 Å². The number of ether oxygens (including phenoxy) is 1. The molecule has 0 aliphatic heterocycles. The summed E-state index contributed by atoms with van der Waals surface area (Å²) in [6, 6.07) is 0.123. The van der Waals surface area contributed by atoms with Crippen LogP contribution in [0.1, 0.15) is 47.0 Å². The van der Waals surface area contributed by atoms with E-state index in [0.29, 0.717) is 5.92 Å². The smallest absolute Gasteiger partial charge is 0.407 e. The average molecular weight is 229 g/mol. The van der Waals surface area contributed by atoms with Crippen LogP contribution in [0.4, 0.5) is 4.79 Å². The summed E-state index contributed by atoms with van der Waals surface area (Å²) in [5.74, 6) is 0.302. The van der Waals surface area contributed by atoms with Gasteiger partial charge in [-0.1, -0.05) is 6.92 Å². The Labute approximate surface area is 97.4 Å². The van der Waals surface area contributed by atoms with Crippen LogP contribution < -0.4 is 5.32 Å². The summed E-state index contributed by atoms with van der Waals surface area (Å²) in [5.41, 5.74) is -0.457. The van der Waals surface area contributed by atoms with Crippen LogP contribution in [0.5, 0.6) is 0 Å². The highest BCUT2D eigenvalue weighted by molar-refractivity contribution is 5.68. The van der Waals surface area contributed by atoms with E-state index in [9.17, 15) is 9.90 Å². The van der Waals surface area contributed by atoms with Gasteiger partial charge in [0, 0.05) is 6.04 Å². The zero-order valence-corrected chi connectivity index (χ0v) is 10.6. The van der Waals surface area contributed by atoms with Crippen LogP contribution in [0.25, 0.3) is 0 Å². The van der Waals surface area contributed by atoms with Gasteiger partial charge in [-0.05, 0) is 46.0 Å². The van der Waals surface area contributed by atoms with Crippen LogP contribution in [0.2, 0.25) is 0 Å². The first-order chi connectivity index (χ1) is 7.28. The molecule has 3 atom stereocenters. The first kappa shape index (κ1) is 13.3. The van der Waals surface area contributed by atoms with Gasteiger partial charge in [0.15, 0.2) is 0 Å². The van der Waals surface area contributed by atoms with Crippen molar-refractivity contribution in [3.63, 3.8) is 0 Å². The average Bonchev–Trinajstić information content (AvgIpc) is 2.06. The first-order valence-corrected chi connectivity index (χ1v) is 5.95. The molecule has 2 N–H and O–H groups in total. The number of aliphatic hydroxyl groups excluding tert-OH is 1. The largest absolute Gasteiger partial charge is 0.444 e. The molecule has 1 fully saturated rings. The fourth-order valence-electron chi connectivity index (χ4n) is 2.04. The highest BCUT2D eigenvalue weighted by Crippen LogP contribution is 2.24. The Morgan fingerprint density at radius 3 is 2.50 bits per heavy atom. The Bertz CT molecular complexity index is 247. The molecule has 0 spiro atoms. The second-order valence-electron chi connectivity index (χ2n) is 5.70. The SMILES string of the molecule is CC1CC(O)CCC1NC(=O)OC(C)(C)C. The molecule has 4 heteroatoms. The summed E-state index contributed by atoms with van der Waals surface area (Å²) in [4.78, 5) is 11.6. The fourth-order valence-corrected chi connectivity index (χ4v) is 2.04. The van der Waals surface area contributed by atoms with Crippen LogP contribution in [0.15, 0.2) is 0 Å². The van der Waals surface area contributed by atoms with Crippen LogP contribution in [0.3, 0.4) is 0 Å². The topological polar surface area (TPSA) is 58.6 Å². The molecule has 3 unspecified atom stereocenters. The Morgan fingerprint density at radius 1 is 1.38 bits per heavy atom. The number of aliphatic hydroxyl groups is 1. The molecule has 0 bridgehead atoms. The molecule has 94 valence electrons. The number of rotatable bonds is 1. The molecular weight excluding hydrogens is 206 g/mol. The zero-order valence-electron chi connectivity index (χ0n) is 10.6. The lowest BCUT2D eigenvalue weighted by molar-refractivity contribution is 0.0402. The molecule has 0 aromatic rings. The minimum atomic E-state index is -0.457. The Kier molecular flexibility index (Phi) is 4.19. The maximum atomic E-state index is 11.6. The molecule has 1 aliphatic carbocycles. The molecule has 0 saturated heterocycles. The summed E-state index contributed by atoms with van der Waals surface area (Å²) >= 11 is 0. The van der Waals surface area contributed by atoms with Crippen molar-refractivity contribution in [1.29, 1.82) is 0 Å². The van der Waals surface area contributed by atoms with Gasteiger partial charge in [-0.25, -0.2) is 4.79 Å². The second kappa shape index (κ2) is 5.04. The van der Waals surface area contributed by atoms with E-state index < -0.39 is 5.60 Å². The fraction of sp³-hybridized carbons (Fsp3) is 0.917. The van der Waals surface area contributed by atoms with Gasteiger partial charge in [0.1, 0.15) is 5.60 Å². The Balaban J connectivity index is 2.39. The first-order valence-electron chi connectivity index (χ1n) is 5.95. The second-order valence-corrected chi connectivity index (χ2v) is 5.70. The van der Waals surface area contributed by atoms with Crippen molar-refractivity contribution in [2.45, 2.75) is 64.7 Å². The van der Waals surface area contributed by atoms with Gasteiger partial charge in [-0.15, -0.1) is 0 Å². The molecule has 0 radical (unpaired) electrons. The third-order valence-electron chi connectivity index (χ3n) is 2.84. The Morgan fingerprint density at radius 2 is 2.00 bits per heavy atom. The molecule has 0 heterocycles. The minimum Gasteiger partial charge on any atom is -0.444 e. The van der Waals surface area contributed by atoms with Gasteiger partial charge >= 0.3 is 6.09 Å². The molecule has 1 aliphatic rings. The molecule has 16 heavy (non-hydrogen) atoms. The van der Waals surface area contributed by atoms with Crippen molar-refractivity contribution in [2.75, 3.05) is 0 Å². The van der Waals surface area contributed by atoms with Gasteiger partial charge in [-0.2, -0.15) is 0 Å². The minimum absolute atomic E-state index is 0.123. The van der Waals surface area contributed by atoms with E-state index in [1.165, 1.54) is 0 Å². The molecule has 0 aromatic carbocycles. The van der Waals surface area contributed by atoms with E-state index in [1.54, 1.807) is 0 Å². The lowest BCUT2D eigenvalue weighted by atomic mass is 9.84. The standard InChI is InChI=1S/C12H23NO3/c1-8-7-9(14)5-6-10(8)13-11(15)16-12(2,3)4/h8-10,14H,5-7H2,1-4H3,(H,13,15). The van der Waals surface area contributed by atoms with Gasteiger partial charge in [-0.3, -0.25) is 0 Å². The highest BCUT2D eigenvalue weighted by Gasteiger charge is 2.28. The summed E-state index contributed by atoms with van der Waals surface area (Å²) < 4.78 is 5.20. The van der Waals surface area contributed by atoms with Crippen molar-refractivity contribution in [2.24, 2.45) is 5.92 Å². The van der Waals surface area contributed by atoms with Crippen molar-refractivity contribution >= 4 is 6.09 Å². The quantitative estimate of drug-likeness (QED) is 0.723. The number of carbonyl (C=O) groups excluding carboxylic acids is 1. The summed E-state index contributed by atoms with van der Waals surface area (Å²) in [6.07, 6.45) is 1.75. The van der Waals surface area contributed by atoms with E-state index in [2.05, 4.69) is 5.32 Å². The highest BCUT2D eigenvalue weighted by atomic mass is 16.6. The van der Waals surface area contributed by atoms with E-state index in [4.69, 9.17) is 4.74 Å². The number of amides is 1. The van der Waals surface area contributed by atoms with Crippen molar-refractivity contribution in [1.82, 2.24) is 5.32 Å². The van der Waals surface area contributed by atoms with Crippen molar-refractivity contribution in [3.8, 4) is 0 Å². The van der Waals surface area contributed by atoms with E-state index in [1.807, 2.05) is 27.7 Å². The van der Waals surface area contributed by atoms with Crippen molar-refractivity contribution < 1.29 is 14.6 Å². The molecule has 1 amide bonds. The third kappa shape index (κ3) is 4.39. The van der Waals surface area contributed by atoms with Crippen LogP contribution in [-0.4, -0.2) is 28.9 Å². The number of hydrogen-bond acceptors (Lipinski definition) is 3. The molecule has 4 nitrogen and oxygen atoms in total. The number of alkyl carbamates (subject to hydrolysis) is 1. The zero-order chi connectivity index (χ0) is 12.3. The normalized spacial score (nSPS) is 30.9. The predicted octanol–water partition coefficient (Wildman–Crippen LogP) is 2.06. The third-order valence-corrected chi connectivity index (χ3v) is 2.84. The monoisotopic (exact) mass is 229 g/mol. The van der Waals surface area contributed by atoms with Crippen molar-refractivity contribution in [3.05, 3.63) is 0 Å². The van der Waals surface area contributed by atoms with E-state index in [-0.39, 0.29) is 18.2 Å². The molecule has 0 aromatic heterocycles.